The molecular weight excluding hydrogens is 299 g/mol. The standard InChI is InChI=1S/C16H21N2O3P/c1-4-21-22(20,16(19)13-9-11-17-12-10-13)15-7-5-14(6-8-15)18(2)3/h5-12,16,19H,4H2,1-3H3/t16-,22+/m1/s1. The number of pyridine rings is 1. The van der Waals surface area contributed by atoms with Crippen LogP contribution in [0.2, 0.25) is 0 Å². The number of hydrogen-bond donors (Lipinski definition) is 1. The van der Waals surface area contributed by atoms with Crippen LogP contribution in [-0.2, 0) is 9.09 Å². The highest BCUT2D eigenvalue weighted by atomic mass is 31.2. The first-order valence-corrected chi connectivity index (χ1v) is 8.78. The third-order valence-corrected chi connectivity index (χ3v) is 5.97. The molecule has 1 aromatic carbocycles. The molecule has 0 amide bonds. The Morgan fingerprint density at radius 2 is 1.77 bits per heavy atom. The van der Waals surface area contributed by atoms with Crippen molar-refractivity contribution in [3.63, 3.8) is 0 Å². The van der Waals surface area contributed by atoms with Crippen molar-refractivity contribution in [1.82, 2.24) is 4.98 Å². The van der Waals surface area contributed by atoms with Crippen molar-refractivity contribution < 1.29 is 14.2 Å². The van der Waals surface area contributed by atoms with Gasteiger partial charge in [-0.3, -0.25) is 9.55 Å². The number of nitrogens with zero attached hydrogens (tertiary/aromatic N) is 2. The molecule has 0 aliphatic carbocycles. The number of hydrogen-bond acceptors (Lipinski definition) is 5. The Balaban J connectivity index is 2.41. The van der Waals surface area contributed by atoms with E-state index in [4.69, 9.17) is 4.52 Å². The minimum absolute atomic E-state index is 0.259. The SMILES string of the molecule is CCO[P@@](=O)(c1ccc(N(C)C)cc1)[C@@H](O)c1ccncc1. The van der Waals surface area contributed by atoms with Crippen molar-refractivity contribution in [2.24, 2.45) is 0 Å². The second-order valence-electron chi connectivity index (χ2n) is 5.08. The van der Waals surface area contributed by atoms with E-state index in [1.807, 2.05) is 31.1 Å². The molecule has 118 valence electrons. The van der Waals surface area contributed by atoms with Gasteiger partial charge in [0.2, 0.25) is 0 Å². The van der Waals surface area contributed by atoms with Crippen molar-refractivity contribution in [2.45, 2.75) is 12.8 Å². The van der Waals surface area contributed by atoms with Gasteiger partial charge in [-0.25, -0.2) is 0 Å². The van der Waals surface area contributed by atoms with E-state index in [2.05, 4.69) is 4.98 Å². The van der Waals surface area contributed by atoms with Gasteiger partial charge in [-0.15, -0.1) is 0 Å². The molecule has 2 rings (SSSR count). The Morgan fingerprint density at radius 3 is 2.27 bits per heavy atom. The van der Waals surface area contributed by atoms with E-state index in [0.717, 1.165) is 5.69 Å². The summed E-state index contributed by atoms with van der Waals surface area (Å²) in [5.41, 5.74) is 1.52. The lowest BCUT2D eigenvalue weighted by molar-refractivity contribution is 0.218. The van der Waals surface area contributed by atoms with Gasteiger partial charge in [0.1, 0.15) is 0 Å². The minimum Gasteiger partial charge on any atom is -0.378 e. The van der Waals surface area contributed by atoms with Gasteiger partial charge in [0.25, 0.3) is 7.37 Å². The van der Waals surface area contributed by atoms with Crippen molar-refractivity contribution >= 4 is 18.4 Å². The van der Waals surface area contributed by atoms with Crippen LogP contribution in [0.25, 0.3) is 0 Å². The number of benzene rings is 1. The fraction of sp³-hybridized carbons (Fsp3) is 0.312. The summed E-state index contributed by atoms with van der Waals surface area (Å²) >= 11 is 0. The minimum atomic E-state index is -3.43. The summed E-state index contributed by atoms with van der Waals surface area (Å²) in [6.45, 7) is 2.02. The number of anilines is 1. The first-order chi connectivity index (χ1) is 10.5. The zero-order valence-corrected chi connectivity index (χ0v) is 13.9. The van der Waals surface area contributed by atoms with Gasteiger partial charge < -0.3 is 14.5 Å². The normalized spacial score (nSPS) is 15.1. The fourth-order valence-electron chi connectivity index (χ4n) is 2.17. The van der Waals surface area contributed by atoms with Crippen LogP contribution in [0.5, 0.6) is 0 Å². The van der Waals surface area contributed by atoms with Crippen molar-refractivity contribution in [1.29, 1.82) is 0 Å². The molecule has 0 spiro atoms. The van der Waals surface area contributed by atoms with Crippen molar-refractivity contribution in [3.05, 3.63) is 54.4 Å². The molecule has 2 aromatic rings. The molecule has 5 nitrogen and oxygen atoms in total. The topological polar surface area (TPSA) is 62.7 Å². The van der Waals surface area contributed by atoms with Gasteiger partial charge >= 0.3 is 0 Å². The maximum absolute atomic E-state index is 13.3. The Kier molecular flexibility index (Phi) is 5.35. The zero-order valence-electron chi connectivity index (χ0n) is 13.0. The number of aliphatic hydroxyl groups is 1. The first kappa shape index (κ1) is 16.7. The molecule has 0 saturated heterocycles. The predicted octanol–water partition coefficient (Wildman–Crippen LogP) is 2.78. The molecule has 0 aliphatic heterocycles. The van der Waals surface area contributed by atoms with E-state index in [-0.39, 0.29) is 6.61 Å². The summed E-state index contributed by atoms with van der Waals surface area (Å²) in [5, 5.41) is 11.1. The molecule has 1 aromatic heterocycles. The molecule has 0 saturated carbocycles. The van der Waals surface area contributed by atoms with E-state index >= 15 is 0 Å². The van der Waals surface area contributed by atoms with E-state index < -0.39 is 13.2 Å². The Morgan fingerprint density at radius 1 is 1.18 bits per heavy atom. The van der Waals surface area contributed by atoms with Crippen LogP contribution in [0.4, 0.5) is 5.69 Å². The van der Waals surface area contributed by atoms with Gasteiger partial charge in [-0.2, -0.15) is 0 Å². The molecule has 1 heterocycles. The maximum atomic E-state index is 13.3. The summed E-state index contributed by atoms with van der Waals surface area (Å²) in [5.74, 6) is -1.21. The summed E-state index contributed by atoms with van der Waals surface area (Å²) in [7, 11) is 0.442. The van der Waals surface area contributed by atoms with Crippen molar-refractivity contribution in [2.75, 3.05) is 25.6 Å². The summed E-state index contributed by atoms with van der Waals surface area (Å²) < 4.78 is 18.8. The highest BCUT2D eigenvalue weighted by Crippen LogP contribution is 2.57. The molecule has 0 bridgehead atoms. The fourth-order valence-corrected chi connectivity index (χ4v) is 4.25. The van der Waals surface area contributed by atoms with Gasteiger partial charge in [0.05, 0.1) is 6.61 Å². The molecule has 0 radical (unpaired) electrons. The zero-order chi connectivity index (χ0) is 16.2. The van der Waals surface area contributed by atoms with E-state index in [0.29, 0.717) is 10.9 Å². The molecule has 6 heteroatoms. The van der Waals surface area contributed by atoms with Crippen LogP contribution >= 0.6 is 7.37 Å². The summed E-state index contributed by atoms with van der Waals surface area (Å²) in [6.07, 6.45) is 3.12. The number of rotatable bonds is 6. The molecule has 0 unspecified atom stereocenters. The van der Waals surface area contributed by atoms with Crippen molar-refractivity contribution in [3.8, 4) is 0 Å². The Labute approximate surface area is 131 Å². The molecule has 0 fully saturated rings. The lowest BCUT2D eigenvalue weighted by Crippen LogP contribution is -2.16. The summed E-state index contributed by atoms with van der Waals surface area (Å²) in [4.78, 5) is 5.87. The highest BCUT2D eigenvalue weighted by Gasteiger charge is 2.36. The second-order valence-corrected chi connectivity index (χ2v) is 7.54. The van der Waals surface area contributed by atoms with Crippen LogP contribution in [0, 0.1) is 0 Å². The van der Waals surface area contributed by atoms with Crippen LogP contribution in [0.3, 0.4) is 0 Å². The Hall–Kier alpha value is -1.68. The average Bonchev–Trinajstić information content (AvgIpc) is 2.55. The lowest BCUT2D eigenvalue weighted by atomic mass is 10.3. The van der Waals surface area contributed by atoms with Crippen LogP contribution in [-0.4, -0.2) is 30.8 Å². The van der Waals surface area contributed by atoms with Gasteiger partial charge in [-0.05, 0) is 48.9 Å². The smallest absolute Gasteiger partial charge is 0.264 e. The molecule has 2 atom stereocenters. The monoisotopic (exact) mass is 320 g/mol. The average molecular weight is 320 g/mol. The molecule has 0 aliphatic rings. The highest BCUT2D eigenvalue weighted by molar-refractivity contribution is 7.67. The molecular formula is C16H21N2O3P. The van der Waals surface area contributed by atoms with Gasteiger partial charge in [-0.1, -0.05) is 0 Å². The third-order valence-electron chi connectivity index (χ3n) is 3.37. The summed E-state index contributed by atoms with van der Waals surface area (Å²) in [6, 6.07) is 10.5. The predicted molar refractivity (Wildman–Crippen MR) is 88.8 cm³/mol. The Bertz CT molecular complexity index is 644. The van der Waals surface area contributed by atoms with Crippen LogP contribution < -0.4 is 10.2 Å². The quantitative estimate of drug-likeness (QED) is 0.829. The van der Waals surface area contributed by atoms with E-state index in [1.165, 1.54) is 0 Å². The number of aromatic nitrogens is 1. The van der Waals surface area contributed by atoms with E-state index in [1.54, 1.807) is 43.6 Å². The largest absolute Gasteiger partial charge is 0.378 e. The third kappa shape index (κ3) is 3.38. The van der Waals surface area contributed by atoms with Crippen LogP contribution in [0.15, 0.2) is 48.8 Å². The van der Waals surface area contributed by atoms with Gasteiger partial charge in [0.15, 0.2) is 5.85 Å². The number of aliphatic hydroxyl groups excluding tert-OH is 1. The maximum Gasteiger partial charge on any atom is 0.264 e. The second kappa shape index (κ2) is 7.05. The van der Waals surface area contributed by atoms with Crippen LogP contribution in [0.1, 0.15) is 18.3 Å². The lowest BCUT2D eigenvalue weighted by Gasteiger charge is -2.24. The first-order valence-electron chi connectivity index (χ1n) is 7.09. The van der Waals surface area contributed by atoms with E-state index in [9.17, 15) is 9.67 Å². The molecule has 22 heavy (non-hydrogen) atoms. The van der Waals surface area contributed by atoms with Gasteiger partial charge in [0, 0.05) is 37.5 Å². The molecule has 1 N–H and O–H groups in total.